The molecular weight excluding hydrogens is 427 g/mol. The van der Waals surface area contributed by atoms with Crippen molar-refractivity contribution in [1.82, 2.24) is 10.3 Å². The SMILES string of the molecule is CC1CN(c2ccc(CNC(=O)/C=C/c3ccc(SC(F)(F)F)cc3)cn2)CC(C)O1. The molecule has 1 amide bonds. The number of anilines is 1. The van der Waals surface area contributed by atoms with Crippen molar-refractivity contribution in [3.8, 4) is 0 Å². The highest BCUT2D eigenvalue weighted by atomic mass is 32.2. The van der Waals surface area contributed by atoms with Gasteiger partial charge in [0.05, 0.1) is 12.2 Å². The molecule has 1 aromatic carbocycles. The number of ether oxygens (including phenoxy) is 1. The number of morpholine rings is 1. The monoisotopic (exact) mass is 451 g/mol. The van der Waals surface area contributed by atoms with E-state index in [1.807, 2.05) is 26.0 Å². The van der Waals surface area contributed by atoms with Crippen LogP contribution in [0, 0.1) is 0 Å². The van der Waals surface area contributed by atoms with Gasteiger partial charge < -0.3 is 15.0 Å². The maximum atomic E-state index is 12.4. The molecule has 0 aliphatic carbocycles. The van der Waals surface area contributed by atoms with Crippen molar-refractivity contribution < 1.29 is 22.7 Å². The molecule has 9 heteroatoms. The number of carbonyl (C=O) groups is 1. The number of amides is 1. The third kappa shape index (κ3) is 7.59. The summed E-state index contributed by atoms with van der Waals surface area (Å²) in [6.07, 6.45) is 4.94. The Labute approximate surface area is 183 Å². The number of aromatic nitrogens is 1. The molecule has 0 radical (unpaired) electrons. The zero-order valence-corrected chi connectivity index (χ0v) is 18.0. The van der Waals surface area contributed by atoms with Crippen LogP contribution in [-0.2, 0) is 16.1 Å². The summed E-state index contributed by atoms with van der Waals surface area (Å²) in [6.45, 7) is 5.97. The first-order valence-corrected chi connectivity index (χ1v) is 10.7. The fraction of sp³-hybridized carbons (Fsp3) is 0.364. The van der Waals surface area contributed by atoms with Crippen molar-refractivity contribution in [1.29, 1.82) is 0 Å². The van der Waals surface area contributed by atoms with Crippen LogP contribution < -0.4 is 10.2 Å². The Morgan fingerprint density at radius 1 is 1.19 bits per heavy atom. The lowest BCUT2D eigenvalue weighted by atomic mass is 10.2. The van der Waals surface area contributed by atoms with Gasteiger partial charge in [-0.3, -0.25) is 4.79 Å². The van der Waals surface area contributed by atoms with Gasteiger partial charge in [0, 0.05) is 36.8 Å². The molecule has 1 aliphatic rings. The van der Waals surface area contributed by atoms with E-state index in [2.05, 4.69) is 15.2 Å². The highest BCUT2D eigenvalue weighted by molar-refractivity contribution is 8.00. The molecule has 2 unspecified atom stereocenters. The summed E-state index contributed by atoms with van der Waals surface area (Å²) >= 11 is -0.169. The normalized spacial score (nSPS) is 19.6. The van der Waals surface area contributed by atoms with Crippen LogP contribution in [0.25, 0.3) is 6.08 Å². The molecule has 166 valence electrons. The molecule has 1 saturated heterocycles. The van der Waals surface area contributed by atoms with Gasteiger partial charge in [-0.2, -0.15) is 13.2 Å². The summed E-state index contributed by atoms with van der Waals surface area (Å²) < 4.78 is 42.8. The molecular formula is C22H24F3N3O2S. The Bertz CT molecular complexity index is 892. The maximum Gasteiger partial charge on any atom is 0.446 e. The van der Waals surface area contributed by atoms with Gasteiger partial charge in [0.1, 0.15) is 5.82 Å². The number of halogens is 3. The lowest BCUT2D eigenvalue weighted by molar-refractivity contribution is -0.116. The van der Waals surface area contributed by atoms with Gasteiger partial charge in [-0.15, -0.1) is 0 Å². The largest absolute Gasteiger partial charge is 0.446 e. The van der Waals surface area contributed by atoms with Crippen LogP contribution in [0.1, 0.15) is 25.0 Å². The van der Waals surface area contributed by atoms with Gasteiger partial charge in [0.25, 0.3) is 0 Å². The summed E-state index contributed by atoms with van der Waals surface area (Å²) in [5.41, 5.74) is -2.81. The van der Waals surface area contributed by atoms with Crippen molar-refractivity contribution in [3.63, 3.8) is 0 Å². The highest BCUT2D eigenvalue weighted by Crippen LogP contribution is 2.36. The van der Waals surface area contributed by atoms with Crippen molar-refractivity contribution in [3.05, 3.63) is 59.8 Å². The fourth-order valence-corrected chi connectivity index (χ4v) is 3.81. The number of thioether (sulfide) groups is 1. The standard InChI is InChI=1S/C22H24F3N3O2S/c1-15-13-28(14-16(2)30-15)20-9-5-18(11-26-20)12-27-21(29)10-6-17-3-7-19(8-4-17)31-22(23,24)25/h3-11,15-16H,12-14H2,1-2H3,(H,27,29)/b10-6+. The first kappa shape index (κ1) is 23.1. The number of hydrogen-bond acceptors (Lipinski definition) is 5. The third-order valence-electron chi connectivity index (χ3n) is 4.56. The number of nitrogens with zero attached hydrogens (tertiary/aromatic N) is 2. The summed E-state index contributed by atoms with van der Waals surface area (Å²) in [7, 11) is 0. The second-order valence-electron chi connectivity index (χ2n) is 7.35. The Balaban J connectivity index is 1.48. The van der Waals surface area contributed by atoms with Crippen molar-refractivity contribution in [2.75, 3.05) is 18.0 Å². The molecule has 2 atom stereocenters. The van der Waals surface area contributed by atoms with Gasteiger partial charge in [0.15, 0.2) is 0 Å². The molecule has 2 aromatic rings. The van der Waals surface area contributed by atoms with E-state index in [0.717, 1.165) is 24.5 Å². The quantitative estimate of drug-likeness (QED) is 0.512. The van der Waals surface area contributed by atoms with E-state index < -0.39 is 5.51 Å². The van der Waals surface area contributed by atoms with E-state index >= 15 is 0 Å². The van der Waals surface area contributed by atoms with Gasteiger partial charge in [0.2, 0.25) is 5.91 Å². The number of nitrogens with one attached hydrogen (secondary N) is 1. The third-order valence-corrected chi connectivity index (χ3v) is 5.30. The fourth-order valence-electron chi connectivity index (χ4n) is 3.27. The van der Waals surface area contributed by atoms with Crippen molar-refractivity contribution in [2.45, 2.75) is 43.0 Å². The average Bonchev–Trinajstić information content (AvgIpc) is 2.70. The van der Waals surface area contributed by atoms with E-state index in [0.29, 0.717) is 12.1 Å². The molecule has 1 fully saturated rings. The van der Waals surface area contributed by atoms with Gasteiger partial charge in [-0.05, 0) is 61.0 Å². The second-order valence-corrected chi connectivity index (χ2v) is 8.49. The lowest BCUT2D eigenvalue weighted by Crippen LogP contribution is -2.45. The molecule has 3 rings (SSSR count). The highest BCUT2D eigenvalue weighted by Gasteiger charge is 2.29. The minimum atomic E-state index is -4.32. The van der Waals surface area contributed by atoms with Crippen LogP contribution >= 0.6 is 11.8 Å². The van der Waals surface area contributed by atoms with Crippen LogP contribution in [0.2, 0.25) is 0 Å². The van der Waals surface area contributed by atoms with Gasteiger partial charge >= 0.3 is 5.51 Å². The molecule has 1 N–H and O–H groups in total. The number of hydrogen-bond donors (Lipinski definition) is 1. The molecule has 5 nitrogen and oxygen atoms in total. The van der Waals surface area contributed by atoms with E-state index in [-0.39, 0.29) is 34.8 Å². The predicted molar refractivity (Wildman–Crippen MR) is 116 cm³/mol. The van der Waals surface area contributed by atoms with E-state index in [4.69, 9.17) is 4.74 Å². The maximum absolute atomic E-state index is 12.4. The number of carbonyl (C=O) groups excluding carboxylic acids is 1. The number of pyridine rings is 1. The second kappa shape index (κ2) is 10.2. The Kier molecular flexibility index (Phi) is 7.61. The molecule has 2 heterocycles. The number of alkyl halides is 3. The Morgan fingerprint density at radius 2 is 1.87 bits per heavy atom. The van der Waals surface area contributed by atoms with Crippen molar-refractivity contribution >= 4 is 29.6 Å². The first-order chi connectivity index (χ1) is 14.7. The summed E-state index contributed by atoms with van der Waals surface area (Å²) in [6, 6.07) is 9.68. The molecule has 31 heavy (non-hydrogen) atoms. The summed E-state index contributed by atoms with van der Waals surface area (Å²) in [5, 5.41) is 2.77. The van der Waals surface area contributed by atoms with Gasteiger partial charge in [-0.25, -0.2) is 4.98 Å². The topological polar surface area (TPSA) is 54.5 Å². The van der Waals surface area contributed by atoms with E-state index in [9.17, 15) is 18.0 Å². The number of rotatable bonds is 6. The zero-order valence-electron chi connectivity index (χ0n) is 17.2. The molecule has 0 bridgehead atoms. The number of benzene rings is 1. The van der Waals surface area contributed by atoms with Crippen LogP contribution in [0.3, 0.4) is 0 Å². The summed E-state index contributed by atoms with van der Waals surface area (Å²) in [5.74, 6) is 0.581. The van der Waals surface area contributed by atoms with E-state index in [1.165, 1.54) is 30.3 Å². The van der Waals surface area contributed by atoms with Crippen LogP contribution in [0.5, 0.6) is 0 Å². The molecule has 0 saturated carbocycles. The lowest BCUT2D eigenvalue weighted by Gasteiger charge is -2.36. The Hall–Kier alpha value is -2.52. The van der Waals surface area contributed by atoms with Crippen LogP contribution in [0.4, 0.5) is 19.0 Å². The van der Waals surface area contributed by atoms with Gasteiger partial charge in [-0.1, -0.05) is 18.2 Å². The van der Waals surface area contributed by atoms with Crippen LogP contribution in [-0.4, -0.2) is 41.7 Å². The Morgan fingerprint density at radius 3 is 2.45 bits per heavy atom. The summed E-state index contributed by atoms with van der Waals surface area (Å²) in [4.78, 5) is 18.8. The predicted octanol–water partition coefficient (Wildman–Crippen LogP) is 4.64. The minimum Gasteiger partial charge on any atom is -0.372 e. The zero-order chi connectivity index (χ0) is 22.4. The van der Waals surface area contributed by atoms with Crippen molar-refractivity contribution in [2.24, 2.45) is 0 Å². The molecule has 1 aliphatic heterocycles. The molecule has 1 aromatic heterocycles. The van der Waals surface area contributed by atoms with Crippen LogP contribution in [0.15, 0.2) is 53.6 Å². The first-order valence-electron chi connectivity index (χ1n) is 9.85. The smallest absolute Gasteiger partial charge is 0.372 e. The minimum absolute atomic E-state index is 0.103. The molecule has 0 spiro atoms. The average molecular weight is 452 g/mol. The van der Waals surface area contributed by atoms with E-state index in [1.54, 1.807) is 12.3 Å².